The molecule has 1 unspecified atom stereocenters. The van der Waals surface area contributed by atoms with Crippen LogP contribution in [0.25, 0.3) is 0 Å². The average molecular weight is 248 g/mol. The van der Waals surface area contributed by atoms with Gasteiger partial charge in [-0.05, 0) is 37.1 Å². The highest BCUT2D eigenvalue weighted by atomic mass is 32.2. The first-order chi connectivity index (χ1) is 8.43. The molecule has 2 aliphatic heterocycles. The van der Waals surface area contributed by atoms with Crippen LogP contribution in [0.2, 0.25) is 0 Å². The lowest BCUT2D eigenvalue weighted by Gasteiger charge is -2.23. The van der Waals surface area contributed by atoms with Crippen molar-refractivity contribution < 1.29 is 0 Å². The highest BCUT2D eigenvalue weighted by molar-refractivity contribution is 7.99. The number of thioether (sulfide) groups is 1. The van der Waals surface area contributed by atoms with Crippen molar-refractivity contribution in [3.05, 3.63) is 24.3 Å². The maximum Gasteiger partial charge on any atom is 0.0602 e. The first kappa shape index (κ1) is 11.3. The van der Waals surface area contributed by atoms with Crippen molar-refractivity contribution in [1.29, 1.82) is 0 Å². The predicted octanol–water partition coefficient (Wildman–Crippen LogP) is 3.20. The Bertz CT molecular complexity index is 368. The Morgan fingerprint density at radius 1 is 1.18 bits per heavy atom. The molecule has 0 aromatic heterocycles. The first-order valence-corrected chi connectivity index (χ1v) is 7.77. The second-order valence-corrected chi connectivity index (χ2v) is 6.07. The Kier molecular flexibility index (Phi) is 3.46. The van der Waals surface area contributed by atoms with Gasteiger partial charge in [-0.2, -0.15) is 11.8 Å². The second-order valence-electron chi connectivity index (χ2n) is 4.92. The normalized spacial score (nSPS) is 24.2. The molecular weight excluding hydrogens is 228 g/mol. The van der Waals surface area contributed by atoms with Gasteiger partial charge < -0.3 is 10.2 Å². The molecule has 0 spiro atoms. The van der Waals surface area contributed by atoms with Gasteiger partial charge in [-0.1, -0.05) is 12.1 Å². The van der Waals surface area contributed by atoms with Crippen LogP contribution < -0.4 is 10.2 Å². The lowest BCUT2D eigenvalue weighted by Crippen LogP contribution is -2.23. The van der Waals surface area contributed by atoms with Gasteiger partial charge >= 0.3 is 0 Å². The summed E-state index contributed by atoms with van der Waals surface area (Å²) in [4.78, 5) is 2.52. The van der Waals surface area contributed by atoms with Crippen molar-refractivity contribution in [3.8, 4) is 0 Å². The molecule has 1 aromatic rings. The van der Waals surface area contributed by atoms with Gasteiger partial charge in [-0.15, -0.1) is 0 Å². The van der Waals surface area contributed by atoms with E-state index in [0.29, 0.717) is 6.04 Å². The minimum absolute atomic E-state index is 0.670. The minimum atomic E-state index is 0.670. The predicted molar refractivity (Wildman–Crippen MR) is 77.2 cm³/mol. The van der Waals surface area contributed by atoms with Crippen molar-refractivity contribution in [2.75, 3.05) is 34.8 Å². The van der Waals surface area contributed by atoms with Crippen LogP contribution in [0.4, 0.5) is 11.4 Å². The Balaban J connectivity index is 1.77. The summed E-state index contributed by atoms with van der Waals surface area (Å²) >= 11 is 2.06. The molecule has 0 aliphatic carbocycles. The molecule has 2 fully saturated rings. The van der Waals surface area contributed by atoms with Gasteiger partial charge in [0.05, 0.1) is 11.4 Å². The lowest BCUT2D eigenvalue weighted by molar-refractivity contribution is 0.811. The van der Waals surface area contributed by atoms with Crippen molar-refractivity contribution >= 4 is 23.1 Å². The molecule has 2 nitrogen and oxygen atoms in total. The van der Waals surface area contributed by atoms with Crippen LogP contribution in [-0.2, 0) is 0 Å². The molecule has 2 heterocycles. The fourth-order valence-corrected chi connectivity index (χ4v) is 3.85. The van der Waals surface area contributed by atoms with Crippen LogP contribution >= 0.6 is 11.8 Å². The number of para-hydroxylation sites is 2. The Morgan fingerprint density at radius 3 is 2.76 bits per heavy atom. The zero-order chi connectivity index (χ0) is 11.5. The minimum Gasteiger partial charge on any atom is -0.380 e. The first-order valence-electron chi connectivity index (χ1n) is 6.62. The van der Waals surface area contributed by atoms with Gasteiger partial charge in [-0.25, -0.2) is 0 Å². The van der Waals surface area contributed by atoms with E-state index in [1.165, 1.54) is 55.2 Å². The molecule has 0 saturated carbocycles. The van der Waals surface area contributed by atoms with Gasteiger partial charge in [0.25, 0.3) is 0 Å². The lowest BCUT2D eigenvalue weighted by atomic mass is 10.2. The molecular formula is C14H20N2S. The molecule has 0 bridgehead atoms. The SMILES string of the molecule is c1ccc(N2CCCC2)c(NC2CCSC2)c1. The van der Waals surface area contributed by atoms with Crippen LogP contribution in [-0.4, -0.2) is 30.6 Å². The Labute approximate surface area is 108 Å². The summed E-state index contributed by atoms with van der Waals surface area (Å²) in [5.74, 6) is 2.57. The summed E-state index contributed by atoms with van der Waals surface area (Å²) in [7, 11) is 0. The monoisotopic (exact) mass is 248 g/mol. The number of rotatable bonds is 3. The average Bonchev–Trinajstić information content (AvgIpc) is 3.01. The smallest absolute Gasteiger partial charge is 0.0602 e. The van der Waals surface area contributed by atoms with Crippen molar-refractivity contribution in [2.45, 2.75) is 25.3 Å². The van der Waals surface area contributed by atoms with E-state index in [1.54, 1.807) is 0 Å². The van der Waals surface area contributed by atoms with Crippen LogP contribution in [0, 0.1) is 0 Å². The summed E-state index contributed by atoms with van der Waals surface area (Å²) in [5.41, 5.74) is 2.74. The fraction of sp³-hybridized carbons (Fsp3) is 0.571. The summed E-state index contributed by atoms with van der Waals surface area (Å²) in [6, 6.07) is 9.46. The molecule has 0 radical (unpaired) electrons. The highest BCUT2D eigenvalue weighted by Crippen LogP contribution is 2.31. The van der Waals surface area contributed by atoms with E-state index >= 15 is 0 Å². The molecule has 3 rings (SSSR count). The van der Waals surface area contributed by atoms with Gasteiger partial charge in [0.1, 0.15) is 0 Å². The van der Waals surface area contributed by atoms with E-state index in [-0.39, 0.29) is 0 Å². The van der Waals surface area contributed by atoms with Crippen LogP contribution in [0.5, 0.6) is 0 Å². The van der Waals surface area contributed by atoms with Gasteiger partial charge in [0, 0.05) is 24.9 Å². The summed E-state index contributed by atoms with van der Waals surface area (Å²) in [6.07, 6.45) is 3.99. The van der Waals surface area contributed by atoms with Crippen LogP contribution in [0.1, 0.15) is 19.3 Å². The van der Waals surface area contributed by atoms with E-state index in [9.17, 15) is 0 Å². The standard InChI is InChI=1S/C14H20N2S/c1-2-6-14(16-8-3-4-9-16)13(5-1)15-12-7-10-17-11-12/h1-2,5-6,12,15H,3-4,7-11H2. The van der Waals surface area contributed by atoms with Crippen molar-refractivity contribution in [2.24, 2.45) is 0 Å². The Morgan fingerprint density at radius 2 is 2.00 bits per heavy atom. The molecule has 17 heavy (non-hydrogen) atoms. The van der Waals surface area contributed by atoms with Crippen molar-refractivity contribution in [1.82, 2.24) is 0 Å². The quantitative estimate of drug-likeness (QED) is 0.884. The zero-order valence-electron chi connectivity index (χ0n) is 10.2. The molecule has 1 aromatic carbocycles. The number of benzene rings is 1. The van der Waals surface area contributed by atoms with Gasteiger partial charge in [-0.3, -0.25) is 0 Å². The highest BCUT2D eigenvalue weighted by Gasteiger charge is 2.19. The van der Waals surface area contributed by atoms with E-state index < -0.39 is 0 Å². The number of nitrogens with zero attached hydrogens (tertiary/aromatic N) is 1. The summed E-state index contributed by atoms with van der Waals surface area (Å²) < 4.78 is 0. The zero-order valence-corrected chi connectivity index (χ0v) is 11.0. The fourth-order valence-electron chi connectivity index (χ4n) is 2.70. The largest absolute Gasteiger partial charge is 0.380 e. The number of hydrogen-bond acceptors (Lipinski definition) is 3. The second kappa shape index (κ2) is 5.21. The number of hydrogen-bond donors (Lipinski definition) is 1. The van der Waals surface area contributed by atoms with Crippen LogP contribution in [0.15, 0.2) is 24.3 Å². The molecule has 1 N–H and O–H groups in total. The molecule has 3 heteroatoms. The third-order valence-electron chi connectivity index (χ3n) is 3.64. The van der Waals surface area contributed by atoms with Crippen LogP contribution in [0.3, 0.4) is 0 Å². The van der Waals surface area contributed by atoms with E-state index in [1.807, 2.05) is 0 Å². The third-order valence-corrected chi connectivity index (χ3v) is 4.80. The van der Waals surface area contributed by atoms with E-state index in [0.717, 1.165) is 0 Å². The van der Waals surface area contributed by atoms with Gasteiger partial charge in [0.2, 0.25) is 0 Å². The Hall–Kier alpha value is -0.830. The van der Waals surface area contributed by atoms with E-state index in [2.05, 4.69) is 46.2 Å². The summed E-state index contributed by atoms with van der Waals surface area (Å²) in [5, 5.41) is 3.72. The topological polar surface area (TPSA) is 15.3 Å². The molecule has 2 saturated heterocycles. The molecule has 1 atom stereocenters. The maximum absolute atomic E-state index is 3.72. The third kappa shape index (κ3) is 2.54. The van der Waals surface area contributed by atoms with E-state index in [4.69, 9.17) is 0 Å². The van der Waals surface area contributed by atoms with Gasteiger partial charge in [0.15, 0.2) is 0 Å². The molecule has 0 amide bonds. The summed E-state index contributed by atoms with van der Waals surface area (Å²) in [6.45, 7) is 2.44. The maximum atomic E-state index is 3.72. The number of nitrogens with one attached hydrogen (secondary N) is 1. The molecule has 92 valence electrons. The molecule has 2 aliphatic rings. The van der Waals surface area contributed by atoms with Crippen molar-refractivity contribution in [3.63, 3.8) is 0 Å². The number of anilines is 2.